The molecule has 1 atom stereocenters. The van der Waals surface area contributed by atoms with Crippen LogP contribution in [0.3, 0.4) is 0 Å². The maximum Gasteiger partial charge on any atom is 0.236 e. The average Bonchev–Trinajstić information content (AvgIpc) is 2.70. The van der Waals surface area contributed by atoms with E-state index in [0.717, 1.165) is 32.6 Å². The first-order chi connectivity index (χ1) is 8.97. The van der Waals surface area contributed by atoms with Crippen molar-refractivity contribution in [3.63, 3.8) is 0 Å². The van der Waals surface area contributed by atoms with Crippen molar-refractivity contribution in [3.05, 3.63) is 0 Å². The highest BCUT2D eigenvalue weighted by Crippen LogP contribution is 2.27. The highest BCUT2D eigenvalue weighted by atomic mass is 16.3. The zero-order valence-electron chi connectivity index (χ0n) is 12.4. The van der Waals surface area contributed by atoms with E-state index < -0.39 is 5.60 Å². The van der Waals surface area contributed by atoms with Gasteiger partial charge in [0.25, 0.3) is 0 Å². The highest BCUT2D eigenvalue weighted by Gasteiger charge is 2.35. The van der Waals surface area contributed by atoms with Gasteiger partial charge in [-0.1, -0.05) is 12.8 Å². The molecule has 2 fully saturated rings. The zero-order valence-corrected chi connectivity index (χ0v) is 12.4. The van der Waals surface area contributed by atoms with Crippen LogP contribution in [0.25, 0.3) is 0 Å². The summed E-state index contributed by atoms with van der Waals surface area (Å²) < 4.78 is 0. The van der Waals surface area contributed by atoms with Crippen LogP contribution in [0.15, 0.2) is 0 Å². The number of hydrogen-bond acceptors (Lipinski definition) is 3. The number of aliphatic hydroxyl groups is 1. The van der Waals surface area contributed by atoms with Crippen molar-refractivity contribution in [2.24, 2.45) is 5.92 Å². The van der Waals surface area contributed by atoms with Crippen molar-refractivity contribution >= 4 is 5.91 Å². The molecule has 2 rings (SSSR count). The van der Waals surface area contributed by atoms with Crippen LogP contribution in [0.2, 0.25) is 0 Å². The number of carbonyl (C=O) groups is 1. The maximum atomic E-state index is 12.3. The molecule has 1 N–H and O–H groups in total. The summed E-state index contributed by atoms with van der Waals surface area (Å²) in [6.45, 7) is 7.92. The Kier molecular flexibility index (Phi) is 4.85. The fraction of sp³-hybridized carbons (Fsp3) is 0.933. The fourth-order valence-electron chi connectivity index (χ4n) is 3.15. The third-order valence-electron chi connectivity index (χ3n) is 4.60. The van der Waals surface area contributed by atoms with Gasteiger partial charge < -0.3 is 10.0 Å². The Hall–Kier alpha value is -0.610. The molecule has 0 bridgehead atoms. The summed E-state index contributed by atoms with van der Waals surface area (Å²) in [5, 5.41) is 10.0. The van der Waals surface area contributed by atoms with Crippen molar-refractivity contribution < 1.29 is 9.90 Å². The van der Waals surface area contributed by atoms with Gasteiger partial charge in [0.05, 0.1) is 12.1 Å². The fourth-order valence-corrected chi connectivity index (χ4v) is 3.15. The summed E-state index contributed by atoms with van der Waals surface area (Å²) in [7, 11) is 0. The van der Waals surface area contributed by atoms with Gasteiger partial charge in [-0.25, -0.2) is 0 Å². The zero-order chi connectivity index (χ0) is 13.9. The molecule has 0 spiro atoms. The third-order valence-corrected chi connectivity index (χ3v) is 4.60. The third kappa shape index (κ3) is 4.18. The molecule has 110 valence electrons. The van der Waals surface area contributed by atoms with Gasteiger partial charge in [0, 0.05) is 19.0 Å². The minimum Gasteiger partial charge on any atom is -0.390 e. The molecule has 4 nitrogen and oxygen atoms in total. The molecule has 0 radical (unpaired) electrons. The van der Waals surface area contributed by atoms with E-state index in [1.54, 1.807) is 0 Å². The Morgan fingerprint density at radius 1 is 1.16 bits per heavy atom. The Morgan fingerprint density at radius 2 is 1.79 bits per heavy atom. The normalized spacial score (nSPS) is 26.5. The largest absolute Gasteiger partial charge is 0.390 e. The van der Waals surface area contributed by atoms with Gasteiger partial charge in [-0.15, -0.1) is 0 Å². The van der Waals surface area contributed by atoms with Gasteiger partial charge in [0.15, 0.2) is 0 Å². The second-order valence-corrected chi connectivity index (χ2v) is 6.67. The molecule has 2 aliphatic heterocycles. The molecule has 0 aromatic rings. The molecule has 2 aliphatic rings. The van der Waals surface area contributed by atoms with E-state index in [1.165, 1.54) is 25.7 Å². The van der Waals surface area contributed by atoms with Crippen molar-refractivity contribution in [1.82, 2.24) is 9.80 Å². The van der Waals surface area contributed by atoms with Crippen molar-refractivity contribution in [3.8, 4) is 0 Å². The number of hydrogen-bond donors (Lipinski definition) is 1. The van der Waals surface area contributed by atoms with E-state index in [4.69, 9.17) is 0 Å². The van der Waals surface area contributed by atoms with Crippen LogP contribution < -0.4 is 0 Å². The predicted octanol–water partition coefficient (Wildman–Crippen LogP) is 1.48. The van der Waals surface area contributed by atoms with Crippen LogP contribution >= 0.6 is 0 Å². The van der Waals surface area contributed by atoms with E-state index in [2.05, 4.69) is 4.90 Å². The van der Waals surface area contributed by atoms with Crippen molar-refractivity contribution in [2.45, 2.75) is 51.6 Å². The lowest BCUT2D eigenvalue weighted by Gasteiger charge is -2.27. The predicted molar refractivity (Wildman–Crippen MR) is 75.9 cm³/mol. The molecule has 19 heavy (non-hydrogen) atoms. The number of amides is 1. The lowest BCUT2D eigenvalue weighted by atomic mass is 9.90. The molecule has 0 saturated carbocycles. The van der Waals surface area contributed by atoms with Gasteiger partial charge in [-0.3, -0.25) is 9.69 Å². The number of rotatable bonds is 3. The Balaban J connectivity index is 1.80. The summed E-state index contributed by atoms with van der Waals surface area (Å²) in [5.41, 5.74) is -0.669. The molecule has 0 unspecified atom stereocenters. The van der Waals surface area contributed by atoms with Crippen molar-refractivity contribution in [2.75, 3.05) is 32.7 Å². The lowest BCUT2D eigenvalue weighted by molar-refractivity contribution is -0.131. The molecule has 0 aromatic carbocycles. The minimum absolute atomic E-state index is 0.223. The monoisotopic (exact) mass is 268 g/mol. The van der Waals surface area contributed by atoms with Gasteiger partial charge in [-0.05, 0) is 46.2 Å². The van der Waals surface area contributed by atoms with Gasteiger partial charge in [0.2, 0.25) is 5.91 Å². The second-order valence-electron chi connectivity index (χ2n) is 6.67. The summed E-state index contributed by atoms with van der Waals surface area (Å²) in [4.78, 5) is 16.5. The summed E-state index contributed by atoms with van der Waals surface area (Å²) in [5.74, 6) is 0.467. The van der Waals surface area contributed by atoms with Gasteiger partial charge >= 0.3 is 0 Å². The van der Waals surface area contributed by atoms with E-state index in [1.807, 2.05) is 18.7 Å². The molecule has 0 aromatic heterocycles. The van der Waals surface area contributed by atoms with Crippen LogP contribution in [0.4, 0.5) is 0 Å². The molecular weight excluding hydrogens is 240 g/mol. The number of nitrogens with zero attached hydrogens (tertiary/aromatic N) is 2. The maximum absolute atomic E-state index is 12.3. The topological polar surface area (TPSA) is 43.8 Å². The molecule has 1 amide bonds. The van der Waals surface area contributed by atoms with E-state index in [9.17, 15) is 9.90 Å². The molecule has 2 heterocycles. The van der Waals surface area contributed by atoms with Crippen molar-refractivity contribution in [1.29, 1.82) is 0 Å². The van der Waals surface area contributed by atoms with E-state index in [0.29, 0.717) is 6.54 Å². The SMILES string of the molecule is CC(C)(O)[C@@H]1CCN(C(=O)CN2CCCCCC2)C1. The first-order valence-electron chi connectivity index (χ1n) is 7.69. The lowest BCUT2D eigenvalue weighted by Crippen LogP contribution is -2.41. The quantitative estimate of drug-likeness (QED) is 0.843. The van der Waals surface area contributed by atoms with E-state index >= 15 is 0 Å². The van der Waals surface area contributed by atoms with Crippen LogP contribution in [0, 0.1) is 5.92 Å². The number of carbonyl (C=O) groups excluding carboxylic acids is 1. The van der Waals surface area contributed by atoms with E-state index in [-0.39, 0.29) is 11.8 Å². The standard InChI is InChI=1S/C15H28N2O2/c1-15(2,19)13-7-10-17(11-13)14(18)12-16-8-5-3-4-6-9-16/h13,19H,3-12H2,1-2H3/t13-/m1/s1. The summed E-state index contributed by atoms with van der Waals surface area (Å²) in [6.07, 6.45) is 5.97. The Labute approximate surface area is 116 Å². The van der Waals surface area contributed by atoms with Crippen LogP contribution in [0.1, 0.15) is 46.0 Å². The smallest absolute Gasteiger partial charge is 0.236 e. The van der Waals surface area contributed by atoms with Gasteiger partial charge in [0.1, 0.15) is 0 Å². The van der Waals surface area contributed by atoms with Crippen LogP contribution in [-0.4, -0.2) is 59.1 Å². The molecule has 4 heteroatoms. The van der Waals surface area contributed by atoms with Crippen LogP contribution in [-0.2, 0) is 4.79 Å². The average molecular weight is 268 g/mol. The minimum atomic E-state index is -0.669. The Morgan fingerprint density at radius 3 is 2.32 bits per heavy atom. The Bertz CT molecular complexity index is 304. The number of likely N-dealkylation sites (tertiary alicyclic amines) is 2. The van der Waals surface area contributed by atoms with Gasteiger partial charge in [-0.2, -0.15) is 0 Å². The molecular formula is C15H28N2O2. The summed E-state index contributed by atoms with van der Waals surface area (Å²) in [6, 6.07) is 0. The van der Waals surface area contributed by atoms with Crippen LogP contribution in [0.5, 0.6) is 0 Å². The summed E-state index contributed by atoms with van der Waals surface area (Å²) >= 11 is 0. The first-order valence-corrected chi connectivity index (χ1v) is 7.69. The second kappa shape index (κ2) is 6.23. The molecule has 2 saturated heterocycles. The molecule has 0 aliphatic carbocycles. The first kappa shape index (κ1) is 14.8. The highest BCUT2D eigenvalue weighted by molar-refractivity contribution is 5.78.